The van der Waals surface area contributed by atoms with E-state index in [4.69, 9.17) is 14.1 Å². The Labute approximate surface area is 246 Å². The first-order valence-electron chi connectivity index (χ1n) is 14.5. The van der Waals surface area contributed by atoms with Crippen LogP contribution in [0.4, 0.5) is 0 Å². The molecular formula is C35H37N3O4. The molecule has 0 spiro atoms. The van der Waals surface area contributed by atoms with E-state index in [1.807, 2.05) is 80.6 Å². The molecule has 0 aliphatic heterocycles. The fourth-order valence-electron chi connectivity index (χ4n) is 5.29. The van der Waals surface area contributed by atoms with Gasteiger partial charge in [-0.2, -0.15) is 0 Å². The second kappa shape index (κ2) is 12.9. The van der Waals surface area contributed by atoms with Gasteiger partial charge in [0.1, 0.15) is 17.3 Å². The summed E-state index contributed by atoms with van der Waals surface area (Å²) in [4.78, 5) is 35.0. The van der Waals surface area contributed by atoms with Gasteiger partial charge in [0.15, 0.2) is 0 Å². The van der Waals surface area contributed by atoms with Gasteiger partial charge in [-0.05, 0) is 86.3 Å². The number of nitrogens with zero attached hydrogens (tertiary/aromatic N) is 3. The van der Waals surface area contributed by atoms with Crippen LogP contribution in [-0.2, 0) is 13.0 Å². The number of carbonyl (C=O) groups excluding carboxylic acids is 1. The fourth-order valence-corrected chi connectivity index (χ4v) is 5.29. The maximum Gasteiger partial charge on any atom is 0.266 e. The Morgan fingerprint density at radius 3 is 2.52 bits per heavy atom. The predicted octanol–water partition coefficient (Wildman–Crippen LogP) is 7.43. The van der Waals surface area contributed by atoms with Crippen LogP contribution in [0, 0.1) is 6.92 Å². The smallest absolute Gasteiger partial charge is 0.266 e. The van der Waals surface area contributed by atoms with E-state index < -0.39 is 6.04 Å². The van der Waals surface area contributed by atoms with Gasteiger partial charge in [0.05, 0.1) is 42.5 Å². The number of unbranched alkanes of at least 4 members (excludes halogenated alkanes) is 2. The lowest BCUT2D eigenvalue weighted by molar-refractivity contribution is 0.0648. The molecule has 0 N–H and O–H groups in total. The molecule has 5 aromatic rings. The average molecular weight is 564 g/mol. The zero-order chi connectivity index (χ0) is 29.6. The number of amides is 1. The molecule has 5 rings (SSSR count). The van der Waals surface area contributed by atoms with Gasteiger partial charge in [-0.25, -0.2) is 4.98 Å². The van der Waals surface area contributed by atoms with E-state index in [-0.39, 0.29) is 18.0 Å². The molecule has 42 heavy (non-hydrogen) atoms. The number of carbonyl (C=O) groups is 1. The second-order valence-corrected chi connectivity index (χ2v) is 10.6. The van der Waals surface area contributed by atoms with Gasteiger partial charge in [-0.1, -0.05) is 50.1 Å². The molecule has 2 aromatic heterocycles. The van der Waals surface area contributed by atoms with Crippen LogP contribution in [0.1, 0.15) is 72.2 Å². The van der Waals surface area contributed by atoms with Crippen LogP contribution in [-0.4, -0.2) is 27.5 Å². The number of hydrogen-bond acceptors (Lipinski definition) is 5. The van der Waals surface area contributed by atoms with Crippen LogP contribution in [0.15, 0.2) is 94.3 Å². The van der Waals surface area contributed by atoms with Gasteiger partial charge in [0, 0.05) is 5.56 Å². The minimum absolute atomic E-state index is 0.177. The molecule has 0 saturated heterocycles. The van der Waals surface area contributed by atoms with Crippen molar-refractivity contribution in [3.63, 3.8) is 0 Å². The van der Waals surface area contributed by atoms with Crippen molar-refractivity contribution in [2.75, 3.05) is 7.11 Å². The summed E-state index contributed by atoms with van der Waals surface area (Å²) < 4.78 is 12.9. The number of methoxy groups -OCH3 is 1. The predicted molar refractivity (Wildman–Crippen MR) is 165 cm³/mol. The number of rotatable bonds is 11. The van der Waals surface area contributed by atoms with Crippen molar-refractivity contribution in [2.45, 2.75) is 59.0 Å². The van der Waals surface area contributed by atoms with Crippen molar-refractivity contribution in [3.8, 4) is 11.4 Å². The lowest BCUT2D eigenvalue weighted by Crippen LogP contribution is -2.37. The highest BCUT2D eigenvalue weighted by molar-refractivity contribution is 5.94. The Morgan fingerprint density at radius 1 is 1.02 bits per heavy atom. The molecule has 1 unspecified atom stereocenters. The van der Waals surface area contributed by atoms with Crippen LogP contribution < -0.4 is 10.3 Å². The summed E-state index contributed by atoms with van der Waals surface area (Å²) in [5, 5.41) is 0.486. The zero-order valence-corrected chi connectivity index (χ0v) is 24.7. The van der Waals surface area contributed by atoms with Gasteiger partial charge in [0.25, 0.3) is 11.5 Å². The third-order valence-electron chi connectivity index (χ3n) is 7.66. The normalized spacial score (nSPS) is 11.9. The molecule has 7 nitrogen and oxygen atoms in total. The Morgan fingerprint density at radius 2 is 1.81 bits per heavy atom. The molecule has 1 atom stereocenters. The Hall–Kier alpha value is -4.65. The van der Waals surface area contributed by atoms with Crippen molar-refractivity contribution in [1.82, 2.24) is 14.5 Å². The van der Waals surface area contributed by atoms with Crippen molar-refractivity contribution in [1.29, 1.82) is 0 Å². The number of furan rings is 1. The van der Waals surface area contributed by atoms with Crippen LogP contribution in [0.2, 0.25) is 0 Å². The van der Waals surface area contributed by atoms with Gasteiger partial charge in [-0.3, -0.25) is 14.2 Å². The summed E-state index contributed by atoms with van der Waals surface area (Å²) in [6.07, 6.45) is 6.05. The standard InChI is InChI=1S/C35H37N3O4/c1-5-6-7-11-26-16-18-27(19-17-26)34(39)37(23-28-12-10-21-42-28)25(3)33-36-30-14-9-8-13-29(30)35(40)38(33)31-22-24(2)15-20-32(31)41-4/h8-10,12-22,25H,5-7,11,23H2,1-4H3. The summed E-state index contributed by atoms with van der Waals surface area (Å²) in [5.74, 6) is 1.42. The van der Waals surface area contributed by atoms with Crippen molar-refractivity contribution in [3.05, 3.63) is 124 Å². The van der Waals surface area contributed by atoms with E-state index in [0.29, 0.717) is 39.5 Å². The van der Waals surface area contributed by atoms with E-state index in [0.717, 1.165) is 18.4 Å². The molecule has 0 aliphatic carbocycles. The first-order valence-corrected chi connectivity index (χ1v) is 14.5. The molecule has 3 aromatic carbocycles. The Kier molecular flexibility index (Phi) is 8.86. The highest BCUT2D eigenvalue weighted by atomic mass is 16.5. The number of benzene rings is 3. The molecule has 0 bridgehead atoms. The van der Waals surface area contributed by atoms with Gasteiger partial charge < -0.3 is 14.1 Å². The molecule has 0 radical (unpaired) electrons. The van der Waals surface area contributed by atoms with Crippen molar-refractivity contribution in [2.24, 2.45) is 0 Å². The fraction of sp³-hybridized carbons (Fsp3) is 0.286. The van der Waals surface area contributed by atoms with Gasteiger partial charge >= 0.3 is 0 Å². The first kappa shape index (κ1) is 28.9. The number of aryl methyl sites for hydroxylation is 2. The van der Waals surface area contributed by atoms with Crippen LogP contribution in [0.5, 0.6) is 5.75 Å². The van der Waals surface area contributed by atoms with E-state index >= 15 is 0 Å². The van der Waals surface area contributed by atoms with Crippen molar-refractivity contribution >= 4 is 16.8 Å². The van der Waals surface area contributed by atoms with E-state index in [9.17, 15) is 9.59 Å². The average Bonchev–Trinajstić information content (AvgIpc) is 3.53. The van der Waals surface area contributed by atoms with E-state index in [2.05, 4.69) is 6.92 Å². The summed E-state index contributed by atoms with van der Waals surface area (Å²) in [7, 11) is 1.58. The maximum atomic E-state index is 14.2. The highest BCUT2D eigenvalue weighted by Gasteiger charge is 2.29. The third-order valence-corrected chi connectivity index (χ3v) is 7.66. The molecule has 2 heterocycles. The highest BCUT2D eigenvalue weighted by Crippen LogP contribution is 2.30. The first-order chi connectivity index (χ1) is 20.4. The second-order valence-electron chi connectivity index (χ2n) is 10.6. The molecule has 0 saturated carbocycles. The molecule has 1 amide bonds. The summed E-state index contributed by atoms with van der Waals surface area (Å²) in [6, 6.07) is 23.8. The lowest BCUT2D eigenvalue weighted by Gasteiger charge is -2.30. The largest absolute Gasteiger partial charge is 0.495 e. The number of hydrogen-bond donors (Lipinski definition) is 0. The zero-order valence-electron chi connectivity index (χ0n) is 24.7. The van der Waals surface area contributed by atoms with Crippen LogP contribution >= 0.6 is 0 Å². The number of ether oxygens (including phenoxy) is 1. The Bertz CT molecular complexity index is 1720. The molecule has 216 valence electrons. The number of aromatic nitrogens is 2. The minimum Gasteiger partial charge on any atom is -0.495 e. The molecular weight excluding hydrogens is 526 g/mol. The van der Waals surface area contributed by atoms with E-state index in [1.165, 1.54) is 18.4 Å². The summed E-state index contributed by atoms with van der Waals surface area (Å²) in [5.41, 5.74) is 3.65. The SMILES string of the molecule is CCCCCc1ccc(C(=O)N(Cc2ccco2)C(C)c2nc3ccccc3c(=O)n2-c2cc(C)ccc2OC)cc1. The summed E-state index contributed by atoms with van der Waals surface area (Å²) in [6.45, 7) is 6.26. The Balaban J connectivity index is 1.63. The van der Waals surface area contributed by atoms with Crippen LogP contribution in [0.3, 0.4) is 0 Å². The van der Waals surface area contributed by atoms with Crippen molar-refractivity contribution < 1.29 is 13.9 Å². The van der Waals surface area contributed by atoms with Crippen LogP contribution in [0.25, 0.3) is 16.6 Å². The van der Waals surface area contributed by atoms with E-state index in [1.54, 1.807) is 35.0 Å². The number of fused-ring (bicyclic) bond motifs is 1. The maximum absolute atomic E-state index is 14.2. The van der Waals surface area contributed by atoms with Gasteiger partial charge in [-0.15, -0.1) is 0 Å². The molecule has 0 aliphatic rings. The minimum atomic E-state index is -0.602. The lowest BCUT2D eigenvalue weighted by atomic mass is 10.0. The summed E-state index contributed by atoms with van der Waals surface area (Å²) >= 11 is 0. The molecule has 0 fully saturated rings. The quantitative estimate of drug-likeness (QED) is 0.156. The molecule has 7 heteroatoms. The van der Waals surface area contributed by atoms with Gasteiger partial charge in [0.2, 0.25) is 0 Å². The third kappa shape index (κ3) is 6.00. The monoisotopic (exact) mass is 563 g/mol. The number of para-hydroxylation sites is 1. The topological polar surface area (TPSA) is 77.6 Å².